The van der Waals surface area contributed by atoms with Gasteiger partial charge in [0.05, 0.1) is 5.41 Å². The molecule has 4 aromatic rings. The molecule has 0 aliphatic carbocycles. The van der Waals surface area contributed by atoms with Crippen LogP contribution in [0.15, 0.2) is 47.6 Å². The summed E-state index contributed by atoms with van der Waals surface area (Å²) in [6, 6.07) is 8.90. The lowest BCUT2D eigenvalue weighted by Gasteiger charge is -2.33. The van der Waals surface area contributed by atoms with Crippen LogP contribution in [0.3, 0.4) is 0 Å². The number of aromatic nitrogens is 4. The maximum Gasteiger partial charge on any atom is 0.452 e. The van der Waals surface area contributed by atoms with Crippen molar-refractivity contribution in [1.82, 2.24) is 23.9 Å². The maximum absolute atomic E-state index is 14.0. The Bertz CT molecular complexity index is 1810. The van der Waals surface area contributed by atoms with E-state index in [0.29, 0.717) is 47.0 Å². The number of benzene rings is 1. The van der Waals surface area contributed by atoms with Crippen LogP contribution >= 0.6 is 0 Å². The van der Waals surface area contributed by atoms with Crippen molar-refractivity contribution < 1.29 is 36.8 Å². The highest BCUT2D eigenvalue weighted by atomic mass is 32.2. The molecular formula is C32H36F3N5O5S. The van der Waals surface area contributed by atoms with Gasteiger partial charge in [-0.2, -0.15) is 13.2 Å². The van der Waals surface area contributed by atoms with Crippen molar-refractivity contribution in [3.8, 4) is 5.88 Å². The Morgan fingerprint density at radius 2 is 1.91 bits per heavy atom. The summed E-state index contributed by atoms with van der Waals surface area (Å²) in [7, 11) is -0.0157. The summed E-state index contributed by atoms with van der Waals surface area (Å²) in [5, 5.41) is 17.5. The molecule has 0 spiro atoms. The molecule has 0 saturated heterocycles. The Morgan fingerprint density at radius 3 is 2.59 bits per heavy atom. The first kappa shape index (κ1) is 33.5. The van der Waals surface area contributed by atoms with Gasteiger partial charge in [-0.3, -0.25) is 9.20 Å². The summed E-state index contributed by atoms with van der Waals surface area (Å²) in [5.74, 6) is -2.70. The zero-order chi connectivity index (χ0) is 33.6. The number of carboxylic acid groups (broad SMARTS) is 1. The minimum absolute atomic E-state index is 0.00650. The van der Waals surface area contributed by atoms with Gasteiger partial charge in [0.15, 0.2) is 5.65 Å². The Labute approximate surface area is 267 Å². The van der Waals surface area contributed by atoms with Gasteiger partial charge < -0.3 is 14.6 Å². The van der Waals surface area contributed by atoms with Gasteiger partial charge in [-0.1, -0.05) is 18.2 Å². The van der Waals surface area contributed by atoms with Crippen LogP contribution in [-0.4, -0.2) is 65.5 Å². The number of halogens is 3. The van der Waals surface area contributed by atoms with Crippen molar-refractivity contribution in [3.63, 3.8) is 0 Å². The molecule has 0 amide bonds. The summed E-state index contributed by atoms with van der Waals surface area (Å²) in [6.45, 7) is 9.59. The van der Waals surface area contributed by atoms with Crippen molar-refractivity contribution in [2.24, 2.45) is 5.41 Å². The fourth-order valence-electron chi connectivity index (χ4n) is 5.84. The predicted molar refractivity (Wildman–Crippen MR) is 164 cm³/mol. The fraction of sp³-hybridized carbons (Fsp3) is 0.438. The molecule has 5 rings (SSSR count). The number of hydrogen-bond donors (Lipinski definition) is 1. The summed E-state index contributed by atoms with van der Waals surface area (Å²) >= 11 is 0. The van der Waals surface area contributed by atoms with Crippen molar-refractivity contribution in [2.75, 3.05) is 20.3 Å². The average molecular weight is 660 g/mol. The van der Waals surface area contributed by atoms with Crippen LogP contribution in [0.5, 0.6) is 5.88 Å². The van der Waals surface area contributed by atoms with E-state index in [2.05, 4.69) is 15.2 Å². The molecule has 0 bridgehead atoms. The Kier molecular flexibility index (Phi) is 9.26. The number of alkyl halides is 3. The molecule has 14 heteroatoms. The fourth-order valence-corrected chi connectivity index (χ4v) is 7.21. The van der Waals surface area contributed by atoms with E-state index >= 15 is 0 Å². The molecule has 4 heterocycles. The smallest absolute Gasteiger partial charge is 0.452 e. The molecule has 0 saturated carbocycles. The monoisotopic (exact) mass is 659 g/mol. The number of fused-ring (bicyclic) bond motifs is 2. The number of carboxylic acids is 1. The molecule has 46 heavy (non-hydrogen) atoms. The number of carbonyl (C=O) groups is 1. The van der Waals surface area contributed by atoms with E-state index in [4.69, 9.17) is 9.47 Å². The lowest BCUT2D eigenvalue weighted by atomic mass is 9.70. The van der Waals surface area contributed by atoms with Crippen molar-refractivity contribution in [1.29, 1.82) is 0 Å². The lowest BCUT2D eigenvalue weighted by Crippen LogP contribution is -2.35. The summed E-state index contributed by atoms with van der Waals surface area (Å²) in [4.78, 5) is 17.5. The van der Waals surface area contributed by atoms with E-state index in [-0.39, 0.29) is 18.3 Å². The quantitative estimate of drug-likeness (QED) is 0.246. The number of pyridine rings is 2. The zero-order valence-electron chi connectivity index (χ0n) is 26.4. The van der Waals surface area contributed by atoms with E-state index in [1.807, 2.05) is 36.4 Å². The van der Waals surface area contributed by atoms with Gasteiger partial charge in [-0.15, -0.1) is 10.2 Å². The molecular weight excluding hydrogens is 623 g/mol. The Morgan fingerprint density at radius 1 is 1.17 bits per heavy atom. The van der Waals surface area contributed by atoms with Crippen LogP contribution in [0.4, 0.5) is 13.2 Å². The van der Waals surface area contributed by atoms with Crippen LogP contribution in [-0.2, 0) is 33.2 Å². The van der Waals surface area contributed by atoms with Gasteiger partial charge >= 0.3 is 12.1 Å². The van der Waals surface area contributed by atoms with Crippen LogP contribution in [0, 0.1) is 26.2 Å². The third-order valence-electron chi connectivity index (χ3n) is 8.47. The number of rotatable bonds is 9. The highest BCUT2D eigenvalue weighted by Gasteiger charge is 2.42. The second-order valence-electron chi connectivity index (χ2n) is 12.2. The molecule has 3 atom stereocenters. The molecule has 1 aliphatic heterocycles. The molecule has 3 aromatic heterocycles. The summed E-state index contributed by atoms with van der Waals surface area (Å²) < 4.78 is 68.8. The molecule has 0 fully saturated rings. The van der Waals surface area contributed by atoms with Gasteiger partial charge in [0, 0.05) is 51.5 Å². The zero-order valence-corrected chi connectivity index (χ0v) is 27.2. The molecule has 10 nitrogen and oxygen atoms in total. The van der Waals surface area contributed by atoms with Gasteiger partial charge in [0.2, 0.25) is 11.7 Å². The number of aryl methyl sites for hydroxylation is 3. The van der Waals surface area contributed by atoms with Crippen molar-refractivity contribution in [3.05, 3.63) is 81.9 Å². The SMILES string of the molecule is COCCC1CN(Cc2cc(C(c3ccn4c(C(F)(F)F)nnc4c3C)C(C)(C)C(=O)O)ccc2C)S(=O)c2cc(C)cnc2O1. The van der Waals surface area contributed by atoms with Crippen LogP contribution in [0.1, 0.15) is 65.4 Å². The second kappa shape index (κ2) is 12.7. The van der Waals surface area contributed by atoms with E-state index < -0.39 is 40.3 Å². The molecule has 246 valence electrons. The van der Waals surface area contributed by atoms with E-state index in [0.717, 1.165) is 21.1 Å². The number of hydrogen-bond acceptors (Lipinski definition) is 7. The van der Waals surface area contributed by atoms with E-state index in [1.165, 1.54) is 12.3 Å². The standard InChI is InChI=1S/C32H36F3N5O5S/c1-18-13-25-28(36-15-18)45-23(10-12-44-6)17-39(46(25)43)16-22-14-21(8-7-19(22)2)26(31(4,5)30(41)42)24-9-11-40-27(20(24)3)37-38-29(40)32(33,34)35/h7-9,11,13-15,23,26H,10,12,16-17H2,1-6H3,(H,41,42). The van der Waals surface area contributed by atoms with E-state index in [9.17, 15) is 27.3 Å². The van der Waals surface area contributed by atoms with Crippen molar-refractivity contribution in [2.45, 2.75) is 70.7 Å². The van der Waals surface area contributed by atoms with Gasteiger partial charge in [-0.25, -0.2) is 13.5 Å². The predicted octanol–water partition coefficient (Wildman–Crippen LogP) is 5.63. The Balaban J connectivity index is 1.59. The van der Waals surface area contributed by atoms with Gasteiger partial charge in [0.25, 0.3) is 0 Å². The minimum Gasteiger partial charge on any atom is -0.481 e. The van der Waals surface area contributed by atoms with Crippen molar-refractivity contribution >= 4 is 22.6 Å². The highest BCUT2D eigenvalue weighted by Crippen LogP contribution is 2.44. The molecule has 0 radical (unpaired) electrons. The average Bonchev–Trinajstić information content (AvgIpc) is 3.39. The number of nitrogens with zero attached hydrogens (tertiary/aromatic N) is 5. The number of methoxy groups -OCH3 is 1. The molecule has 1 aliphatic rings. The first-order valence-electron chi connectivity index (χ1n) is 14.7. The number of aliphatic carboxylic acids is 1. The normalized spacial score (nSPS) is 18.2. The Hall–Kier alpha value is -3.88. The molecule has 1 aromatic carbocycles. The van der Waals surface area contributed by atoms with Crippen LogP contribution < -0.4 is 4.74 Å². The van der Waals surface area contributed by atoms with Crippen LogP contribution in [0.2, 0.25) is 0 Å². The third-order valence-corrected chi connectivity index (χ3v) is 9.88. The minimum atomic E-state index is -4.71. The molecule has 1 N–H and O–H groups in total. The first-order valence-corrected chi connectivity index (χ1v) is 15.8. The maximum atomic E-state index is 14.0. The molecule has 3 unspecified atom stereocenters. The number of ether oxygens (including phenoxy) is 2. The second-order valence-corrected chi connectivity index (χ2v) is 13.6. The van der Waals surface area contributed by atoms with Crippen LogP contribution in [0.25, 0.3) is 5.65 Å². The highest BCUT2D eigenvalue weighted by molar-refractivity contribution is 7.82. The van der Waals surface area contributed by atoms with Gasteiger partial charge in [-0.05, 0) is 80.1 Å². The lowest BCUT2D eigenvalue weighted by molar-refractivity contribution is -0.147. The first-order chi connectivity index (χ1) is 21.6. The largest absolute Gasteiger partial charge is 0.481 e. The summed E-state index contributed by atoms with van der Waals surface area (Å²) in [6.07, 6.45) is -1.61. The van der Waals surface area contributed by atoms with E-state index in [1.54, 1.807) is 40.1 Å². The summed E-state index contributed by atoms with van der Waals surface area (Å²) in [5.41, 5.74) is 2.70. The van der Waals surface area contributed by atoms with Gasteiger partial charge in [0.1, 0.15) is 22.0 Å². The topological polar surface area (TPSA) is 119 Å². The third kappa shape index (κ3) is 6.38.